The first kappa shape index (κ1) is 16.2. The van der Waals surface area contributed by atoms with E-state index in [0.717, 1.165) is 11.3 Å². The lowest BCUT2D eigenvalue weighted by molar-refractivity contribution is 0.572. The number of aromatic nitrogens is 3. The number of rotatable bonds is 6. The van der Waals surface area contributed by atoms with Crippen molar-refractivity contribution in [3.8, 4) is 11.5 Å². The predicted octanol–water partition coefficient (Wildman–Crippen LogP) is 3.62. The number of nitrogens with zero attached hydrogens (tertiary/aromatic N) is 3. The molecule has 0 aliphatic carbocycles. The van der Waals surface area contributed by atoms with Crippen LogP contribution in [0.5, 0.6) is 0 Å². The zero-order valence-electron chi connectivity index (χ0n) is 12.9. The molecule has 0 bridgehead atoms. The van der Waals surface area contributed by atoms with Crippen LogP contribution in [0.2, 0.25) is 5.15 Å². The molecule has 6 nitrogen and oxygen atoms in total. The second-order valence-corrected chi connectivity index (χ2v) is 5.32. The quantitative estimate of drug-likeness (QED) is 0.663. The van der Waals surface area contributed by atoms with E-state index in [0.29, 0.717) is 35.5 Å². The van der Waals surface area contributed by atoms with Crippen molar-refractivity contribution >= 4 is 23.1 Å². The third-order valence-electron chi connectivity index (χ3n) is 3.37. The first-order valence-electron chi connectivity index (χ1n) is 7.30. The fourth-order valence-corrected chi connectivity index (χ4v) is 2.40. The first-order chi connectivity index (χ1) is 11.7. The Morgan fingerprint density at radius 3 is 2.75 bits per heavy atom. The fourth-order valence-electron chi connectivity index (χ4n) is 2.18. The summed E-state index contributed by atoms with van der Waals surface area (Å²) in [6.07, 6.45) is 3.62. The third-order valence-corrected chi connectivity index (χ3v) is 3.65. The van der Waals surface area contributed by atoms with Gasteiger partial charge >= 0.3 is 0 Å². The van der Waals surface area contributed by atoms with E-state index < -0.39 is 0 Å². The number of nitrogens with one attached hydrogen (secondary N) is 2. The first-order valence-corrected chi connectivity index (χ1v) is 7.67. The van der Waals surface area contributed by atoms with Gasteiger partial charge in [-0.3, -0.25) is 0 Å². The summed E-state index contributed by atoms with van der Waals surface area (Å²) in [7, 11) is 1.75. The summed E-state index contributed by atoms with van der Waals surface area (Å²) in [5, 5.41) is 6.50. The molecular formula is C16H15ClFN5O. The van der Waals surface area contributed by atoms with E-state index in [-0.39, 0.29) is 5.82 Å². The molecule has 24 heavy (non-hydrogen) atoms. The number of hydrogen-bond donors (Lipinski definition) is 2. The van der Waals surface area contributed by atoms with E-state index in [2.05, 4.69) is 25.6 Å². The molecule has 0 saturated carbocycles. The minimum atomic E-state index is -0.293. The summed E-state index contributed by atoms with van der Waals surface area (Å²) in [6.45, 7) is 0.595. The van der Waals surface area contributed by atoms with Crippen LogP contribution in [0.15, 0.2) is 41.3 Å². The van der Waals surface area contributed by atoms with Crippen molar-refractivity contribution in [2.75, 3.05) is 24.2 Å². The van der Waals surface area contributed by atoms with E-state index in [1.165, 1.54) is 18.5 Å². The molecule has 3 rings (SSSR count). The summed E-state index contributed by atoms with van der Waals surface area (Å²) >= 11 is 6.00. The average Bonchev–Trinajstić information content (AvgIpc) is 3.04. The molecule has 2 aromatic heterocycles. The van der Waals surface area contributed by atoms with Crippen LogP contribution >= 0.6 is 11.6 Å². The maximum absolute atomic E-state index is 12.9. The summed E-state index contributed by atoms with van der Waals surface area (Å²) in [4.78, 5) is 12.5. The van der Waals surface area contributed by atoms with E-state index in [1.807, 2.05) is 0 Å². The molecule has 0 fully saturated rings. The highest BCUT2D eigenvalue weighted by Crippen LogP contribution is 2.25. The Morgan fingerprint density at radius 1 is 1.21 bits per heavy atom. The Labute approximate surface area is 143 Å². The molecule has 0 aliphatic heterocycles. The van der Waals surface area contributed by atoms with Crippen LogP contribution in [0.3, 0.4) is 0 Å². The molecule has 8 heteroatoms. The van der Waals surface area contributed by atoms with Crippen LogP contribution in [0.4, 0.5) is 15.9 Å². The van der Waals surface area contributed by atoms with Gasteiger partial charge in [0.25, 0.3) is 0 Å². The summed E-state index contributed by atoms with van der Waals surface area (Å²) in [5.41, 5.74) is 2.16. The van der Waals surface area contributed by atoms with Gasteiger partial charge in [-0.1, -0.05) is 11.6 Å². The largest absolute Gasteiger partial charge is 0.444 e. The Balaban J connectivity index is 1.62. The normalized spacial score (nSPS) is 10.6. The van der Waals surface area contributed by atoms with E-state index in [9.17, 15) is 4.39 Å². The minimum absolute atomic E-state index is 0.293. The Kier molecular flexibility index (Phi) is 4.90. The molecule has 0 saturated heterocycles. The molecule has 2 N–H and O–H groups in total. The third kappa shape index (κ3) is 3.62. The number of halogens is 2. The van der Waals surface area contributed by atoms with Crippen LogP contribution in [-0.2, 0) is 6.42 Å². The van der Waals surface area contributed by atoms with Gasteiger partial charge < -0.3 is 15.1 Å². The van der Waals surface area contributed by atoms with Gasteiger partial charge in [-0.05, 0) is 24.3 Å². The molecule has 0 unspecified atom stereocenters. The highest BCUT2D eigenvalue weighted by Gasteiger charge is 2.09. The monoisotopic (exact) mass is 347 g/mol. The maximum Gasteiger partial charge on any atom is 0.226 e. The molecule has 0 amide bonds. The van der Waals surface area contributed by atoms with E-state index in [1.54, 1.807) is 25.4 Å². The minimum Gasteiger partial charge on any atom is -0.444 e. The average molecular weight is 348 g/mol. The van der Waals surface area contributed by atoms with E-state index in [4.69, 9.17) is 16.0 Å². The van der Waals surface area contributed by atoms with Gasteiger partial charge in [-0.2, -0.15) is 0 Å². The Bertz CT molecular complexity index is 822. The van der Waals surface area contributed by atoms with Crippen LogP contribution in [0.1, 0.15) is 5.69 Å². The van der Waals surface area contributed by atoms with Crippen LogP contribution in [0.25, 0.3) is 11.5 Å². The number of hydrogen-bond acceptors (Lipinski definition) is 6. The zero-order valence-corrected chi connectivity index (χ0v) is 13.6. The molecule has 124 valence electrons. The number of benzene rings is 1. The van der Waals surface area contributed by atoms with Gasteiger partial charge in [-0.25, -0.2) is 19.3 Å². The van der Waals surface area contributed by atoms with Gasteiger partial charge in [0.05, 0.1) is 5.69 Å². The summed E-state index contributed by atoms with van der Waals surface area (Å²) in [6, 6.07) is 6.01. The second kappa shape index (κ2) is 7.27. The van der Waals surface area contributed by atoms with Crippen LogP contribution < -0.4 is 10.6 Å². The molecule has 2 heterocycles. The number of oxazole rings is 1. The fraction of sp³-hybridized carbons (Fsp3) is 0.188. The SMILES string of the molecule is CNc1c(Cl)ncnc1NCCc1coc(-c2ccc(F)cc2)n1. The van der Waals surface area contributed by atoms with Crippen LogP contribution in [0, 0.1) is 5.82 Å². The maximum atomic E-state index is 12.9. The molecule has 0 spiro atoms. The molecule has 0 atom stereocenters. The number of anilines is 2. The van der Waals surface area contributed by atoms with Crippen molar-refractivity contribution in [1.29, 1.82) is 0 Å². The highest BCUT2D eigenvalue weighted by molar-refractivity contribution is 6.32. The molecular weight excluding hydrogens is 333 g/mol. The Hall–Kier alpha value is -2.67. The lowest BCUT2D eigenvalue weighted by Gasteiger charge is -2.10. The molecule has 1 aromatic carbocycles. The van der Waals surface area contributed by atoms with Gasteiger partial charge in [-0.15, -0.1) is 0 Å². The standard InChI is InChI=1S/C16H15ClFN5O/c1-19-13-14(17)21-9-22-15(13)20-7-6-12-8-24-16(23-12)10-2-4-11(18)5-3-10/h2-5,8-9,19H,6-7H2,1H3,(H,20,21,22). The predicted molar refractivity (Wildman–Crippen MR) is 90.7 cm³/mol. The molecule has 0 radical (unpaired) electrons. The van der Waals surface area contributed by atoms with Gasteiger partial charge in [0.1, 0.15) is 24.1 Å². The zero-order chi connectivity index (χ0) is 16.9. The topological polar surface area (TPSA) is 75.9 Å². The smallest absolute Gasteiger partial charge is 0.226 e. The van der Waals surface area contributed by atoms with Gasteiger partial charge in [0.15, 0.2) is 11.0 Å². The van der Waals surface area contributed by atoms with Crippen molar-refractivity contribution < 1.29 is 8.81 Å². The highest BCUT2D eigenvalue weighted by atomic mass is 35.5. The molecule has 3 aromatic rings. The van der Waals surface area contributed by atoms with Crippen molar-refractivity contribution in [3.63, 3.8) is 0 Å². The Morgan fingerprint density at radius 2 is 2.00 bits per heavy atom. The second-order valence-electron chi connectivity index (χ2n) is 4.97. The van der Waals surface area contributed by atoms with Crippen molar-refractivity contribution in [2.45, 2.75) is 6.42 Å². The van der Waals surface area contributed by atoms with Crippen molar-refractivity contribution in [3.05, 3.63) is 53.5 Å². The van der Waals surface area contributed by atoms with Gasteiger partial charge in [0.2, 0.25) is 5.89 Å². The van der Waals surface area contributed by atoms with Crippen molar-refractivity contribution in [2.24, 2.45) is 0 Å². The summed E-state index contributed by atoms with van der Waals surface area (Å²) < 4.78 is 18.4. The molecule has 0 aliphatic rings. The summed E-state index contributed by atoms with van der Waals surface area (Å²) in [5.74, 6) is 0.796. The van der Waals surface area contributed by atoms with Crippen LogP contribution in [-0.4, -0.2) is 28.5 Å². The van der Waals surface area contributed by atoms with Gasteiger partial charge in [0, 0.05) is 25.6 Å². The van der Waals surface area contributed by atoms with E-state index >= 15 is 0 Å². The van der Waals surface area contributed by atoms with Crippen molar-refractivity contribution in [1.82, 2.24) is 15.0 Å². The lowest BCUT2D eigenvalue weighted by Crippen LogP contribution is -2.09. The lowest BCUT2D eigenvalue weighted by atomic mass is 10.2.